The zero-order valence-electron chi connectivity index (χ0n) is 8.49. The SMILES string of the molecule is Cc1ccccc1-c1nc(O)c(Br)c(=O)[nH]1. The Labute approximate surface area is 100 Å². The lowest BCUT2D eigenvalue weighted by Crippen LogP contribution is -2.10. The van der Waals surface area contributed by atoms with E-state index in [1.807, 2.05) is 31.2 Å². The van der Waals surface area contributed by atoms with Crippen molar-refractivity contribution < 1.29 is 5.11 Å². The number of nitrogens with one attached hydrogen (secondary N) is 1. The van der Waals surface area contributed by atoms with E-state index in [1.54, 1.807) is 0 Å². The van der Waals surface area contributed by atoms with E-state index in [-0.39, 0.29) is 10.4 Å². The van der Waals surface area contributed by atoms with Crippen molar-refractivity contribution in [3.8, 4) is 17.3 Å². The first-order chi connectivity index (χ1) is 7.59. The molecule has 2 aromatic rings. The molecule has 0 bridgehead atoms. The summed E-state index contributed by atoms with van der Waals surface area (Å²) in [6.07, 6.45) is 0. The molecule has 0 atom stereocenters. The Kier molecular flexibility index (Phi) is 2.78. The molecule has 0 spiro atoms. The minimum atomic E-state index is -0.397. The summed E-state index contributed by atoms with van der Waals surface area (Å²) in [6, 6.07) is 7.49. The second-order valence-corrected chi connectivity index (χ2v) is 4.16. The highest BCUT2D eigenvalue weighted by atomic mass is 79.9. The van der Waals surface area contributed by atoms with Gasteiger partial charge in [-0.3, -0.25) is 4.79 Å². The van der Waals surface area contributed by atoms with Crippen LogP contribution in [-0.2, 0) is 0 Å². The largest absolute Gasteiger partial charge is 0.492 e. The summed E-state index contributed by atoms with van der Waals surface area (Å²) in [7, 11) is 0. The molecule has 2 rings (SSSR count). The van der Waals surface area contributed by atoms with Crippen LogP contribution in [0.4, 0.5) is 0 Å². The zero-order chi connectivity index (χ0) is 11.7. The van der Waals surface area contributed by atoms with Crippen molar-refractivity contribution in [2.45, 2.75) is 6.92 Å². The molecule has 4 nitrogen and oxygen atoms in total. The second-order valence-electron chi connectivity index (χ2n) is 3.37. The number of nitrogens with zero attached hydrogens (tertiary/aromatic N) is 1. The van der Waals surface area contributed by atoms with E-state index in [1.165, 1.54) is 0 Å². The Morgan fingerprint density at radius 2 is 2.06 bits per heavy atom. The van der Waals surface area contributed by atoms with Crippen LogP contribution in [0, 0.1) is 6.92 Å². The maximum absolute atomic E-state index is 11.4. The maximum atomic E-state index is 11.4. The molecule has 0 aliphatic carbocycles. The minimum Gasteiger partial charge on any atom is -0.492 e. The fourth-order valence-electron chi connectivity index (χ4n) is 1.41. The van der Waals surface area contributed by atoms with Gasteiger partial charge < -0.3 is 10.1 Å². The van der Waals surface area contributed by atoms with Gasteiger partial charge in [-0.05, 0) is 28.4 Å². The molecule has 0 radical (unpaired) electrons. The fraction of sp³-hybridized carbons (Fsp3) is 0.0909. The van der Waals surface area contributed by atoms with E-state index in [9.17, 15) is 9.90 Å². The molecule has 2 N–H and O–H groups in total. The van der Waals surface area contributed by atoms with Crippen LogP contribution in [0.5, 0.6) is 5.88 Å². The Morgan fingerprint density at radius 3 is 2.69 bits per heavy atom. The number of halogens is 1. The molecule has 1 heterocycles. The molecular formula is C11H9BrN2O2. The Hall–Kier alpha value is -1.62. The molecule has 0 fully saturated rings. The van der Waals surface area contributed by atoms with Gasteiger partial charge in [0.2, 0.25) is 5.88 Å². The predicted molar refractivity (Wildman–Crippen MR) is 64.4 cm³/mol. The van der Waals surface area contributed by atoms with Crippen LogP contribution in [0.15, 0.2) is 33.5 Å². The highest BCUT2D eigenvalue weighted by molar-refractivity contribution is 9.10. The van der Waals surface area contributed by atoms with Crippen molar-refractivity contribution in [3.63, 3.8) is 0 Å². The summed E-state index contributed by atoms with van der Waals surface area (Å²) >= 11 is 2.95. The molecule has 0 amide bonds. The van der Waals surface area contributed by atoms with Crippen LogP contribution in [0.1, 0.15) is 5.56 Å². The average molecular weight is 281 g/mol. The van der Waals surface area contributed by atoms with Gasteiger partial charge in [0.1, 0.15) is 10.3 Å². The van der Waals surface area contributed by atoms with Gasteiger partial charge in [0, 0.05) is 5.56 Å². The standard InChI is InChI=1S/C11H9BrN2O2/c1-6-4-2-3-5-7(6)9-13-10(15)8(12)11(16)14-9/h2-5H,1H3,(H2,13,14,15,16). The number of benzene rings is 1. The lowest BCUT2D eigenvalue weighted by atomic mass is 10.1. The first kappa shape index (κ1) is 10.9. The monoisotopic (exact) mass is 280 g/mol. The normalized spacial score (nSPS) is 10.4. The molecule has 0 saturated carbocycles. The molecule has 0 saturated heterocycles. The van der Waals surface area contributed by atoms with E-state index in [4.69, 9.17) is 0 Å². The molecule has 0 aliphatic rings. The van der Waals surface area contributed by atoms with E-state index in [0.717, 1.165) is 11.1 Å². The highest BCUT2D eigenvalue weighted by Gasteiger charge is 2.10. The topological polar surface area (TPSA) is 66.0 Å². The maximum Gasteiger partial charge on any atom is 0.269 e. The quantitative estimate of drug-likeness (QED) is 0.842. The van der Waals surface area contributed by atoms with Crippen LogP contribution in [0.2, 0.25) is 0 Å². The summed E-state index contributed by atoms with van der Waals surface area (Å²) in [5.41, 5.74) is 1.38. The number of hydrogen-bond donors (Lipinski definition) is 2. The van der Waals surface area contributed by atoms with Gasteiger partial charge >= 0.3 is 0 Å². The number of hydrogen-bond acceptors (Lipinski definition) is 3. The van der Waals surface area contributed by atoms with Gasteiger partial charge in [-0.2, -0.15) is 4.98 Å². The van der Waals surface area contributed by atoms with Crippen LogP contribution in [0.25, 0.3) is 11.4 Å². The molecule has 0 aliphatic heterocycles. The molecular weight excluding hydrogens is 272 g/mol. The molecule has 5 heteroatoms. The zero-order valence-corrected chi connectivity index (χ0v) is 10.1. The van der Waals surface area contributed by atoms with Crippen molar-refractivity contribution in [1.82, 2.24) is 9.97 Å². The Bertz CT molecular complexity index is 593. The number of aromatic nitrogens is 2. The van der Waals surface area contributed by atoms with Crippen molar-refractivity contribution in [2.75, 3.05) is 0 Å². The van der Waals surface area contributed by atoms with E-state index >= 15 is 0 Å². The summed E-state index contributed by atoms with van der Waals surface area (Å²) in [6.45, 7) is 1.91. The third-order valence-electron chi connectivity index (χ3n) is 2.25. The second kappa shape index (κ2) is 4.09. The van der Waals surface area contributed by atoms with E-state index < -0.39 is 5.56 Å². The number of aromatic amines is 1. The van der Waals surface area contributed by atoms with E-state index in [2.05, 4.69) is 25.9 Å². The van der Waals surface area contributed by atoms with Gasteiger partial charge in [0.15, 0.2) is 0 Å². The molecule has 16 heavy (non-hydrogen) atoms. The van der Waals surface area contributed by atoms with E-state index in [0.29, 0.717) is 5.82 Å². The number of rotatable bonds is 1. The van der Waals surface area contributed by atoms with Gasteiger partial charge in [-0.1, -0.05) is 24.3 Å². The molecule has 0 unspecified atom stereocenters. The first-order valence-corrected chi connectivity index (χ1v) is 5.43. The summed E-state index contributed by atoms with van der Waals surface area (Å²) in [5, 5.41) is 9.46. The van der Waals surface area contributed by atoms with Crippen molar-refractivity contribution in [1.29, 1.82) is 0 Å². The van der Waals surface area contributed by atoms with Gasteiger partial charge in [0.05, 0.1) is 0 Å². The van der Waals surface area contributed by atoms with Gasteiger partial charge in [-0.25, -0.2) is 0 Å². The van der Waals surface area contributed by atoms with Crippen LogP contribution in [0.3, 0.4) is 0 Å². The van der Waals surface area contributed by atoms with Crippen LogP contribution >= 0.6 is 15.9 Å². The summed E-state index contributed by atoms with van der Waals surface area (Å²) in [5.74, 6) is 0.0609. The fourth-order valence-corrected chi connectivity index (χ4v) is 1.60. The van der Waals surface area contributed by atoms with Gasteiger partial charge in [-0.15, -0.1) is 0 Å². The Balaban J connectivity index is 2.67. The lowest BCUT2D eigenvalue weighted by Gasteiger charge is -2.05. The Morgan fingerprint density at radius 1 is 1.38 bits per heavy atom. The highest BCUT2D eigenvalue weighted by Crippen LogP contribution is 2.22. The molecule has 1 aromatic carbocycles. The summed E-state index contributed by atoms with van der Waals surface area (Å²) in [4.78, 5) is 18.0. The smallest absolute Gasteiger partial charge is 0.269 e. The third-order valence-corrected chi connectivity index (χ3v) is 2.96. The predicted octanol–water partition coefficient (Wildman–Crippen LogP) is 2.21. The number of aromatic hydroxyl groups is 1. The number of aryl methyl sites for hydroxylation is 1. The van der Waals surface area contributed by atoms with Crippen LogP contribution in [-0.4, -0.2) is 15.1 Å². The minimum absolute atomic E-state index is 0.0461. The third kappa shape index (κ3) is 1.86. The van der Waals surface area contributed by atoms with Gasteiger partial charge in [0.25, 0.3) is 5.56 Å². The van der Waals surface area contributed by atoms with Crippen molar-refractivity contribution in [2.24, 2.45) is 0 Å². The lowest BCUT2D eigenvalue weighted by molar-refractivity contribution is 0.448. The number of H-pyrrole nitrogens is 1. The first-order valence-electron chi connectivity index (χ1n) is 4.64. The van der Waals surface area contributed by atoms with Crippen molar-refractivity contribution >= 4 is 15.9 Å². The van der Waals surface area contributed by atoms with Crippen LogP contribution < -0.4 is 5.56 Å². The van der Waals surface area contributed by atoms with Crippen molar-refractivity contribution in [3.05, 3.63) is 44.7 Å². The molecule has 1 aromatic heterocycles. The average Bonchev–Trinajstić information content (AvgIpc) is 2.26. The summed E-state index contributed by atoms with van der Waals surface area (Å²) < 4.78 is 0.0461. The molecule has 82 valence electrons.